The number of nitrogens with zero attached hydrogens (tertiary/aromatic N) is 1. The average molecular weight is 272 g/mol. The first-order chi connectivity index (χ1) is 8.95. The predicted molar refractivity (Wildman–Crippen MR) is 71.9 cm³/mol. The molecule has 1 unspecified atom stereocenters. The van der Waals surface area contributed by atoms with E-state index >= 15 is 0 Å². The van der Waals surface area contributed by atoms with Crippen LogP contribution in [-0.2, 0) is 4.74 Å². The normalized spacial score (nSPS) is 13.3. The van der Waals surface area contributed by atoms with Crippen LogP contribution < -0.4 is 5.73 Å². The molecule has 0 aromatic heterocycles. The zero-order chi connectivity index (χ0) is 14.4. The molecule has 1 aromatic carbocycles. The van der Waals surface area contributed by atoms with E-state index in [-0.39, 0.29) is 11.6 Å². The Morgan fingerprint density at radius 2 is 2.00 bits per heavy atom. The lowest BCUT2D eigenvalue weighted by Crippen LogP contribution is -2.39. The first-order valence-electron chi connectivity index (χ1n) is 6.39. The van der Waals surface area contributed by atoms with Crippen LogP contribution in [0.1, 0.15) is 25.5 Å². The van der Waals surface area contributed by atoms with Gasteiger partial charge in [-0.1, -0.05) is 0 Å². The van der Waals surface area contributed by atoms with Gasteiger partial charge in [-0.2, -0.15) is 0 Å². The van der Waals surface area contributed by atoms with Crippen LogP contribution in [0.2, 0.25) is 0 Å². The van der Waals surface area contributed by atoms with E-state index in [0.29, 0.717) is 19.7 Å². The van der Waals surface area contributed by atoms with Crippen molar-refractivity contribution in [3.8, 4) is 0 Å². The van der Waals surface area contributed by atoms with Gasteiger partial charge in [-0.3, -0.25) is 4.90 Å². The maximum Gasteiger partial charge on any atom is 0.128 e. The Kier molecular flexibility index (Phi) is 6.34. The standard InChI is InChI=1S/C14H22F2N2O/c1-10(2)18(6-7-19-3)9-14(17)12-8-11(15)4-5-13(12)16/h4-5,8,10,14H,6-7,9,17H2,1-3H3. The third-order valence-corrected chi connectivity index (χ3v) is 3.10. The number of hydrogen-bond acceptors (Lipinski definition) is 3. The summed E-state index contributed by atoms with van der Waals surface area (Å²) in [7, 11) is 1.63. The smallest absolute Gasteiger partial charge is 0.128 e. The summed E-state index contributed by atoms with van der Waals surface area (Å²) < 4.78 is 31.8. The fraction of sp³-hybridized carbons (Fsp3) is 0.571. The van der Waals surface area contributed by atoms with Crippen LogP contribution >= 0.6 is 0 Å². The summed E-state index contributed by atoms with van der Waals surface area (Å²) in [6, 6.07) is 3.07. The third kappa shape index (κ3) is 4.86. The quantitative estimate of drug-likeness (QED) is 0.828. The van der Waals surface area contributed by atoms with E-state index in [4.69, 9.17) is 10.5 Å². The van der Waals surface area contributed by atoms with Crippen LogP contribution in [0.3, 0.4) is 0 Å². The second-order valence-electron chi connectivity index (χ2n) is 4.85. The lowest BCUT2D eigenvalue weighted by atomic mass is 10.1. The van der Waals surface area contributed by atoms with Crippen molar-refractivity contribution in [2.45, 2.75) is 25.9 Å². The summed E-state index contributed by atoms with van der Waals surface area (Å²) in [6.07, 6.45) is 0. The van der Waals surface area contributed by atoms with Crippen molar-refractivity contribution in [1.82, 2.24) is 4.90 Å². The number of hydrogen-bond donors (Lipinski definition) is 1. The van der Waals surface area contributed by atoms with Crippen molar-refractivity contribution >= 4 is 0 Å². The van der Waals surface area contributed by atoms with Gasteiger partial charge >= 0.3 is 0 Å². The van der Waals surface area contributed by atoms with E-state index in [1.54, 1.807) is 7.11 Å². The highest BCUT2D eigenvalue weighted by atomic mass is 19.1. The topological polar surface area (TPSA) is 38.5 Å². The fourth-order valence-corrected chi connectivity index (χ4v) is 1.92. The molecule has 3 nitrogen and oxygen atoms in total. The first kappa shape index (κ1) is 16.0. The number of rotatable bonds is 7. The molecule has 5 heteroatoms. The molecule has 1 aromatic rings. The molecule has 1 rings (SSSR count). The zero-order valence-electron chi connectivity index (χ0n) is 11.7. The minimum atomic E-state index is -0.560. The molecule has 0 aliphatic rings. The van der Waals surface area contributed by atoms with Crippen LogP contribution in [0.15, 0.2) is 18.2 Å². The second kappa shape index (κ2) is 7.53. The molecule has 0 fully saturated rings. The molecule has 0 aliphatic heterocycles. The highest BCUT2D eigenvalue weighted by Crippen LogP contribution is 2.18. The van der Waals surface area contributed by atoms with Gasteiger partial charge in [0.05, 0.1) is 6.61 Å². The summed E-state index contributed by atoms with van der Waals surface area (Å²) >= 11 is 0. The highest BCUT2D eigenvalue weighted by Gasteiger charge is 2.18. The van der Waals surface area contributed by atoms with Gasteiger partial charge in [0.15, 0.2) is 0 Å². The zero-order valence-corrected chi connectivity index (χ0v) is 11.7. The van der Waals surface area contributed by atoms with Crippen molar-refractivity contribution in [3.63, 3.8) is 0 Å². The summed E-state index contributed by atoms with van der Waals surface area (Å²) in [5.41, 5.74) is 6.20. The maximum absolute atomic E-state index is 13.6. The molecule has 0 saturated carbocycles. The van der Waals surface area contributed by atoms with Gasteiger partial charge in [0.2, 0.25) is 0 Å². The molecule has 1 atom stereocenters. The predicted octanol–water partition coefficient (Wildman–Crippen LogP) is 2.32. The highest BCUT2D eigenvalue weighted by molar-refractivity contribution is 5.22. The molecule has 0 amide bonds. The fourth-order valence-electron chi connectivity index (χ4n) is 1.92. The number of methoxy groups -OCH3 is 1. The van der Waals surface area contributed by atoms with Crippen molar-refractivity contribution in [1.29, 1.82) is 0 Å². The molecular weight excluding hydrogens is 250 g/mol. The lowest BCUT2D eigenvalue weighted by Gasteiger charge is -2.29. The summed E-state index contributed by atoms with van der Waals surface area (Å²) in [5.74, 6) is -0.941. The Bertz CT molecular complexity index is 399. The molecule has 0 heterocycles. The molecule has 0 saturated heterocycles. The molecule has 0 bridgehead atoms. The van der Waals surface area contributed by atoms with Crippen molar-refractivity contribution in [2.75, 3.05) is 26.8 Å². The van der Waals surface area contributed by atoms with Gasteiger partial charge in [-0.25, -0.2) is 8.78 Å². The Labute approximate surface area is 113 Å². The molecule has 0 radical (unpaired) electrons. The van der Waals surface area contributed by atoms with Crippen molar-refractivity contribution in [3.05, 3.63) is 35.4 Å². The first-order valence-corrected chi connectivity index (χ1v) is 6.39. The Morgan fingerprint density at radius 3 is 2.58 bits per heavy atom. The SMILES string of the molecule is COCCN(CC(N)c1cc(F)ccc1F)C(C)C. The number of halogens is 2. The molecule has 108 valence electrons. The van der Waals surface area contributed by atoms with Gasteiger partial charge in [-0.05, 0) is 32.0 Å². The largest absolute Gasteiger partial charge is 0.383 e. The number of benzene rings is 1. The maximum atomic E-state index is 13.6. The average Bonchev–Trinajstić information content (AvgIpc) is 2.36. The van der Waals surface area contributed by atoms with E-state index in [9.17, 15) is 8.78 Å². The molecule has 0 aliphatic carbocycles. The Hall–Kier alpha value is -1.04. The monoisotopic (exact) mass is 272 g/mol. The van der Waals surface area contributed by atoms with Gasteiger partial charge in [0, 0.05) is 37.8 Å². The molecular formula is C14H22F2N2O. The van der Waals surface area contributed by atoms with Crippen molar-refractivity contribution < 1.29 is 13.5 Å². The van der Waals surface area contributed by atoms with Gasteiger partial charge in [0.25, 0.3) is 0 Å². The summed E-state index contributed by atoms with van der Waals surface area (Å²) in [5, 5.41) is 0. The van der Waals surface area contributed by atoms with Gasteiger partial charge in [0.1, 0.15) is 11.6 Å². The second-order valence-corrected chi connectivity index (χ2v) is 4.85. The Balaban J connectivity index is 2.75. The third-order valence-electron chi connectivity index (χ3n) is 3.10. The molecule has 0 spiro atoms. The number of ether oxygens (including phenoxy) is 1. The van der Waals surface area contributed by atoms with E-state index in [2.05, 4.69) is 4.90 Å². The minimum Gasteiger partial charge on any atom is -0.383 e. The van der Waals surface area contributed by atoms with E-state index in [1.807, 2.05) is 13.8 Å². The molecule has 2 N–H and O–H groups in total. The van der Waals surface area contributed by atoms with Crippen LogP contribution in [0.4, 0.5) is 8.78 Å². The lowest BCUT2D eigenvalue weighted by molar-refractivity contribution is 0.124. The summed E-state index contributed by atoms with van der Waals surface area (Å²) in [4.78, 5) is 2.08. The van der Waals surface area contributed by atoms with Gasteiger partial charge < -0.3 is 10.5 Å². The van der Waals surface area contributed by atoms with Gasteiger partial charge in [-0.15, -0.1) is 0 Å². The molecule has 19 heavy (non-hydrogen) atoms. The van der Waals surface area contributed by atoms with E-state index in [1.165, 1.54) is 0 Å². The van der Waals surface area contributed by atoms with Crippen LogP contribution in [-0.4, -0.2) is 37.7 Å². The van der Waals surface area contributed by atoms with E-state index in [0.717, 1.165) is 18.2 Å². The van der Waals surface area contributed by atoms with Crippen LogP contribution in [0, 0.1) is 11.6 Å². The minimum absolute atomic E-state index is 0.211. The summed E-state index contributed by atoms with van der Waals surface area (Å²) in [6.45, 7) is 5.81. The number of nitrogens with two attached hydrogens (primary N) is 1. The van der Waals surface area contributed by atoms with Crippen molar-refractivity contribution in [2.24, 2.45) is 5.73 Å². The van der Waals surface area contributed by atoms with E-state index < -0.39 is 17.7 Å². The van der Waals surface area contributed by atoms with Crippen LogP contribution in [0.25, 0.3) is 0 Å². The van der Waals surface area contributed by atoms with Crippen LogP contribution in [0.5, 0.6) is 0 Å². The Morgan fingerprint density at radius 1 is 1.32 bits per heavy atom.